The molecule has 0 aromatic carbocycles. The Bertz CT molecular complexity index is 314. The lowest BCUT2D eigenvalue weighted by Gasteiger charge is -2.06. The molecule has 1 aromatic rings. The van der Waals surface area contributed by atoms with Gasteiger partial charge in [-0.2, -0.15) is 0 Å². The van der Waals surface area contributed by atoms with Crippen molar-refractivity contribution < 1.29 is 13.2 Å². The van der Waals surface area contributed by atoms with Crippen molar-refractivity contribution in [2.75, 3.05) is 5.73 Å². The zero-order valence-electron chi connectivity index (χ0n) is 6.60. The lowest BCUT2D eigenvalue weighted by Crippen LogP contribution is -2.07. The predicted octanol–water partition coefficient (Wildman–Crippen LogP) is 1.20. The van der Waals surface area contributed by atoms with Gasteiger partial charge in [-0.25, -0.2) is 18.2 Å². The fraction of sp³-hybridized carbons (Fsp3) is 0.286. The van der Waals surface area contributed by atoms with Crippen molar-refractivity contribution >= 4 is 5.82 Å². The lowest BCUT2D eigenvalue weighted by atomic mass is 10.2. The molecule has 0 fully saturated rings. The summed E-state index contributed by atoms with van der Waals surface area (Å²) in [7, 11) is 0. The zero-order valence-corrected chi connectivity index (χ0v) is 6.60. The molecule has 0 aliphatic rings. The smallest absolute Gasteiger partial charge is 0.266 e. The second-order valence-electron chi connectivity index (χ2n) is 2.41. The molecule has 0 spiro atoms. The molecule has 0 radical (unpaired) electrons. The van der Waals surface area contributed by atoms with Crippen LogP contribution < -0.4 is 11.5 Å². The number of nitrogen functional groups attached to an aromatic ring is 1. The molecule has 13 heavy (non-hydrogen) atoms. The molecule has 0 saturated heterocycles. The number of hydrogen-bond donors (Lipinski definition) is 2. The summed E-state index contributed by atoms with van der Waals surface area (Å²) >= 11 is 0. The number of nitrogens with zero attached hydrogens (tertiary/aromatic N) is 1. The van der Waals surface area contributed by atoms with Crippen LogP contribution in [-0.2, 0) is 6.54 Å². The number of aromatic nitrogens is 1. The van der Waals surface area contributed by atoms with Gasteiger partial charge < -0.3 is 11.5 Å². The van der Waals surface area contributed by atoms with Gasteiger partial charge in [-0.1, -0.05) is 0 Å². The highest BCUT2D eigenvalue weighted by Crippen LogP contribution is 2.25. The average Bonchev–Trinajstić information content (AvgIpc) is 2.09. The van der Waals surface area contributed by atoms with E-state index >= 15 is 0 Å². The third-order valence-corrected chi connectivity index (χ3v) is 1.51. The highest BCUT2D eigenvalue weighted by atomic mass is 19.3. The van der Waals surface area contributed by atoms with E-state index in [4.69, 9.17) is 11.5 Å². The molecular weight excluding hydrogens is 183 g/mol. The molecule has 0 bridgehead atoms. The fourth-order valence-electron chi connectivity index (χ4n) is 0.890. The molecule has 0 aliphatic carbocycles. The second kappa shape index (κ2) is 3.61. The van der Waals surface area contributed by atoms with Crippen LogP contribution in [0, 0.1) is 5.82 Å². The van der Waals surface area contributed by atoms with Gasteiger partial charge in [0.2, 0.25) is 0 Å². The van der Waals surface area contributed by atoms with Crippen molar-refractivity contribution in [1.29, 1.82) is 0 Å². The van der Waals surface area contributed by atoms with Crippen LogP contribution >= 0.6 is 0 Å². The second-order valence-corrected chi connectivity index (χ2v) is 2.41. The minimum atomic E-state index is -2.91. The fourth-order valence-corrected chi connectivity index (χ4v) is 0.890. The summed E-state index contributed by atoms with van der Waals surface area (Å²) < 4.78 is 37.2. The van der Waals surface area contributed by atoms with Gasteiger partial charge in [0.15, 0.2) is 11.6 Å². The normalized spacial score (nSPS) is 10.8. The summed E-state index contributed by atoms with van der Waals surface area (Å²) in [5, 5.41) is 0. The molecule has 6 heteroatoms. The number of nitrogens with two attached hydrogens (primary N) is 2. The molecule has 1 rings (SSSR count). The molecule has 1 aromatic heterocycles. The van der Waals surface area contributed by atoms with Crippen LogP contribution in [0.4, 0.5) is 19.0 Å². The Hall–Kier alpha value is -1.30. The maximum atomic E-state index is 12.9. The van der Waals surface area contributed by atoms with Crippen LogP contribution in [0.25, 0.3) is 0 Å². The Morgan fingerprint density at radius 3 is 2.54 bits per heavy atom. The topological polar surface area (TPSA) is 64.9 Å². The van der Waals surface area contributed by atoms with E-state index in [2.05, 4.69) is 4.98 Å². The van der Waals surface area contributed by atoms with Gasteiger partial charge in [-0.3, -0.25) is 0 Å². The number of hydrogen-bond acceptors (Lipinski definition) is 3. The Morgan fingerprint density at radius 1 is 1.46 bits per heavy atom. The first-order valence-corrected chi connectivity index (χ1v) is 3.49. The Kier molecular flexibility index (Phi) is 2.72. The number of pyridine rings is 1. The van der Waals surface area contributed by atoms with E-state index in [0.717, 1.165) is 6.07 Å². The van der Waals surface area contributed by atoms with Crippen LogP contribution in [0.5, 0.6) is 0 Å². The van der Waals surface area contributed by atoms with Crippen LogP contribution in [0.3, 0.4) is 0 Å². The first-order valence-electron chi connectivity index (χ1n) is 3.49. The average molecular weight is 191 g/mol. The van der Waals surface area contributed by atoms with Crippen molar-refractivity contribution in [1.82, 2.24) is 4.98 Å². The van der Waals surface area contributed by atoms with Crippen LogP contribution in [0.2, 0.25) is 0 Å². The van der Waals surface area contributed by atoms with Gasteiger partial charge in [0.25, 0.3) is 6.43 Å². The zero-order chi connectivity index (χ0) is 10.0. The Labute approximate surface area is 72.6 Å². The van der Waals surface area contributed by atoms with E-state index in [1.165, 1.54) is 0 Å². The molecule has 0 amide bonds. The van der Waals surface area contributed by atoms with Crippen molar-refractivity contribution in [3.8, 4) is 0 Å². The van der Waals surface area contributed by atoms with E-state index in [1.807, 2.05) is 0 Å². The predicted molar refractivity (Wildman–Crippen MR) is 41.5 cm³/mol. The number of rotatable bonds is 2. The number of halogens is 3. The minimum Gasteiger partial charge on any atom is -0.381 e. The van der Waals surface area contributed by atoms with Gasteiger partial charge in [0, 0.05) is 6.54 Å². The molecule has 0 atom stereocenters. The van der Waals surface area contributed by atoms with Crippen molar-refractivity contribution in [2.45, 2.75) is 13.0 Å². The van der Waals surface area contributed by atoms with Gasteiger partial charge in [-0.15, -0.1) is 0 Å². The molecule has 3 nitrogen and oxygen atoms in total. The summed E-state index contributed by atoms with van der Waals surface area (Å²) in [6.45, 7) is -0.0514. The SMILES string of the molecule is NCc1cc(C(F)F)c(F)c(N)n1. The lowest BCUT2D eigenvalue weighted by molar-refractivity contribution is 0.146. The molecule has 4 N–H and O–H groups in total. The summed E-state index contributed by atoms with van der Waals surface area (Å²) in [6, 6.07) is 0.913. The van der Waals surface area contributed by atoms with Crippen LogP contribution in [0.1, 0.15) is 17.7 Å². The molecule has 0 saturated carbocycles. The molecule has 72 valence electrons. The summed E-state index contributed by atoms with van der Waals surface area (Å²) in [5.41, 5.74) is 9.60. The van der Waals surface area contributed by atoms with Gasteiger partial charge >= 0.3 is 0 Å². The Morgan fingerprint density at radius 2 is 2.08 bits per heavy atom. The largest absolute Gasteiger partial charge is 0.381 e. The third kappa shape index (κ3) is 1.89. The quantitative estimate of drug-likeness (QED) is 0.738. The van der Waals surface area contributed by atoms with Gasteiger partial charge in [0.1, 0.15) is 0 Å². The summed E-state index contributed by atoms with van der Waals surface area (Å²) in [6.07, 6.45) is -2.91. The first kappa shape index (κ1) is 9.79. The standard InChI is InChI=1S/C7H8F3N3/c8-5-4(6(9)10)1-3(2-11)13-7(5)12/h1,6H,2,11H2,(H2,12,13). The third-order valence-electron chi connectivity index (χ3n) is 1.51. The molecular formula is C7H8F3N3. The Balaban J connectivity index is 3.25. The maximum Gasteiger partial charge on any atom is 0.266 e. The molecule has 1 heterocycles. The van der Waals surface area contributed by atoms with E-state index in [9.17, 15) is 13.2 Å². The highest BCUT2D eigenvalue weighted by Gasteiger charge is 2.17. The van der Waals surface area contributed by atoms with E-state index < -0.39 is 23.6 Å². The maximum absolute atomic E-state index is 12.9. The first-order chi connectivity index (χ1) is 6.06. The number of anilines is 1. The minimum absolute atomic E-state index is 0.0514. The van der Waals surface area contributed by atoms with Crippen LogP contribution in [0.15, 0.2) is 6.07 Å². The highest BCUT2D eigenvalue weighted by molar-refractivity contribution is 5.37. The monoisotopic (exact) mass is 191 g/mol. The van der Waals surface area contributed by atoms with E-state index in [-0.39, 0.29) is 12.2 Å². The summed E-state index contributed by atoms with van der Waals surface area (Å²) in [4.78, 5) is 3.48. The van der Waals surface area contributed by atoms with E-state index in [1.54, 1.807) is 0 Å². The van der Waals surface area contributed by atoms with Crippen molar-refractivity contribution in [3.05, 3.63) is 23.1 Å². The summed E-state index contributed by atoms with van der Waals surface area (Å²) in [5.74, 6) is -1.72. The van der Waals surface area contributed by atoms with Crippen molar-refractivity contribution in [2.24, 2.45) is 5.73 Å². The number of alkyl halides is 2. The van der Waals surface area contributed by atoms with Gasteiger partial charge in [0.05, 0.1) is 11.3 Å². The van der Waals surface area contributed by atoms with Crippen molar-refractivity contribution in [3.63, 3.8) is 0 Å². The van der Waals surface area contributed by atoms with Crippen LogP contribution in [-0.4, -0.2) is 4.98 Å². The molecule has 0 aliphatic heterocycles. The van der Waals surface area contributed by atoms with Gasteiger partial charge in [-0.05, 0) is 6.07 Å². The molecule has 0 unspecified atom stereocenters. The van der Waals surface area contributed by atoms with E-state index in [0.29, 0.717) is 0 Å².